The second kappa shape index (κ2) is 6.15. The number of hydrogen-bond donors (Lipinski definition) is 2. The maximum absolute atomic E-state index is 11.6. The summed E-state index contributed by atoms with van der Waals surface area (Å²) >= 11 is 0. The SMILES string of the molecule is [N-]=[N+]=NCc1noc2nc(C(=O)NN=N)cc(C(=O)N=O)c12. The molecule has 0 saturated heterocycles. The Kier molecular flexibility index (Phi) is 4.10. The van der Waals surface area contributed by atoms with Gasteiger partial charge in [0.25, 0.3) is 11.6 Å². The molecule has 0 saturated carbocycles. The summed E-state index contributed by atoms with van der Waals surface area (Å²) in [6.45, 7) is -0.252. The van der Waals surface area contributed by atoms with E-state index in [2.05, 4.69) is 30.6 Å². The Morgan fingerprint density at radius 3 is 2.91 bits per heavy atom. The van der Waals surface area contributed by atoms with Crippen LogP contribution in [0.15, 0.2) is 26.1 Å². The van der Waals surface area contributed by atoms with Crippen molar-refractivity contribution in [2.24, 2.45) is 15.5 Å². The van der Waals surface area contributed by atoms with Crippen molar-refractivity contribution in [3.05, 3.63) is 38.4 Å². The average Bonchev–Trinajstić information content (AvgIpc) is 2.94. The van der Waals surface area contributed by atoms with E-state index in [1.807, 2.05) is 0 Å². The highest BCUT2D eigenvalue weighted by molar-refractivity contribution is 6.08. The Balaban J connectivity index is 2.69. The maximum atomic E-state index is 11.6. The topological polar surface area (TPSA) is 199 Å². The minimum atomic E-state index is -1.19. The first-order chi connectivity index (χ1) is 10.6. The van der Waals surface area contributed by atoms with E-state index in [0.717, 1.165) is 6.07 Å². The van der Waals surface area contributed by atoms with Crippen molar-refractivity contribution in [1.82, 2.24) is 15.6 Å². The fourth-order valence-electron chi connectivity index (χ4n) is 1.66. The second-order valence-electron chi connectivity index (χ2n) is 3.70. The average molecular weight is 303 g/mol. The minimum Gasteiger partial charge on any atom is -0.335 e. The Morgan fingerprint density at radius 1 is 1.50 bits per heavy atom. The molecule has 0 aliphatic carbocycles. The van der Waals surface area contributed by atoms with Gasteiger partial charge in [-0.1, -0.05) is 15.5 Å². The molecule has 0 atom stereocenters. The van der Waals surface area contributed by atoms with Gasteiger partial charge >= 0.3 is 5.91 Å². The van der Waals surface area contributed by atoms with Crippen molar-refractivity contribution in [3.8, 4) is 0 Å². The van der Waals surface area contributed by atoms with E-state index >= 15 is 0 Å². The number of pyridine rings is 1. The number of aromatic nitrogens is 2. The van der Waals surface area contributed by atoms with E-state index in [0.29, 0.717) is 0 Å². The molecule has 0 aromatic carbocycles. The molecular formula is C9H5N9O4. The van der Waals surface area contributed by atoms with Crippen LogP contribution in [0.4, 0.5) is 0 Å². The van der Waals surface area contributed by atoms with Gasteiger partial charge in [0.1, 0.15) is 5.69 Å². The highest BCUT2D eigenvalue weighted by Crippen LogP contribution is 2.24. The van der Waals surface area contributed by atoms with E-state index in [9.17, 15) is 14.5 Å². The predicted molar refractivity (Wildman–Crippen MR) is 67.4 cm³/mol. The van der Waals surface area contributed by atoms with Gasteiger partial charge in [0.05, 0.1) is 23.2 Å². The van der Waals surface area contributed by atoms with Gasteiger partial charge in [-0.3, -0.25) is 9.59 Å². The van der Waals surface area contributed by atoms with Crippen LogP contribution in [0.3, 0.4) is 0 Å². The number of carbonyl (C=O) groups excluding carboxylic acids is 2. The van der Waals surface area contributed by atoms with Gasteiger partial charge in [0.15, 0.2) is 0 Å². The van der Waals surface area contributed by atoms with Crippen molar-refractivity contribution < 1.29 is 14.1 Å². The lowest BCUT2D eigenvalue weighted by Gasteiger charge is -2.01. The van der Waals surface area contributed by atoms with Gasteiger partial charge in [0, 0.05) is 10.1 Å². The van der Waals surface area contributed by atoms with Crippen molar-refractivity contribution in [2.45, 2.75) is 6.54 Å². The number of nitrogens with one attached hydrogen (secondary N) is 2. The zero-order valence-corrected chi connectivity index (χ0v) is 10.5. The van der Waals surface area contributed by atoms with Crippen LogP contribution in [0, 0.1) is 10.4 Å². The molecule has 2 N–H and O–H groups in total. The van der Waals surface area contributed by atoms with Gasteiger partial charge < -0.3 is 4.52 Å². The van der Waals surface area contributed by atoms with Crippen LogP contribution in [-0.2, 0) is 6.54 Å². The predicted octanol–water partition coefficient (Wildman–Crippen LogP) is 1.62. The third-order valence-electron chi connectivity index (χ3n) is 2.50. The third-order valence-corrected chi connectivity index (χ3v) is 2.50. The van der Waals surface area contributed by atoms with Gasteiger partial charge in [-0.25, -0.2) is 10.4 Å². The summed E-state index contributed by atoms with van der Waals surface area (Å²) in [5.74, 6) is -2.08. The maximum Gasteiger partial charge on any atom is 0.317 e. The van der Waals surface area contributed by atoms with Gasteiger partial charge in [-0.15, -0.1) is 4.91 Å². The van der Waals surface area contributed by atoms with Gasteiger partial charge in [-0.2, -0.15) is 5.53 Å². The van der Waals surface area contributed by atoms with Gasteiger partial charge in [0.2, 0.25) is 0 Å². The molecular weight excluding hydrogens is 298 g/mol. The summed E-state index contributed by atoms with van der Waals surface area (Å²) in [6, 6.07) is 0.976. The van der Waals surface area contributed by atoms with Crippen LogP contribution in [0.25, 0.3) is 21.5 Å². The molecule has 0 aliphatic heterocycles. The summed E-state index contributed by atoms with van der Waals surface area (Å²) in [5, 5.41) is 11.8. The fourth-order valence-corrected chi connectivity index (χ4v) is 1.66. The molecule has 22 heavy (non-hydrogen) atoms. The summed E-state index contributed by atoms with van der Waals surface area (Å²) in [5.41, 5.74) is 15.9. The molecule has 0 unspecified atom stereocenters. The Morgan fingerprint density at radius 2 is 2.27 bits per heavy atom. The second-order valence-corrected chi connectivity index (χ2v) is 3.70. The van der Waals surface area contributed by atoms with E-state index in [-0.39, 0.29) is 34.6 Å². The quantitative estimate of drug-likeness (QED) is 0.276. The minimum absolute atomic E-state index is 0.0105. The number of azide groups is 1. The molecule has 2 aromatic rings. The molecule has 110 valence electrons. The lowest BCUT2D eigenvalue weighted by Crippen LogP contribution is -2.18. The van der Waals surface area contributed by atoms with Crippen LogP contribution in [-0.4, -0.2) is 22.0 Å². The van der Waals surface area contributed by atoms with Gasteiger partial charge in [-0.05, 0) is 11.6 Å². The number of nitroso groups, excluding NO2 is 1. The standard InChI is InChI=1S/C9H5N9O4/c10-17-12-2-5-6-3(7(19)15-21)1-4(8(20)14-18-11)13-9(6)22-16-5/h1H,2H2,(H2,11,14,20). The number of amides is 2. The number of nitrogens with zero attached hydrogens (tertiary/aromatic N) is 7. The zero-order chi connectivity index (χ0) is 16.1. The summed E-state index contributed by atoms with van der Waals surface area (Å²) in [4.78, 5) is 40.0. The van der Waals surface area contributed by atoms with E-state index < -0.39 is 11.8 Å². The lowest BCUT2D eigenvalue weighted by molar-refractivity contribution is 0.0945. The first-order valence-electron chi connectivity index (χ1n) is 5.47. The lowest BCUT2D eigenvalue weighted by atomic mass is 10.1. The molecule has 0 aliphatic rings. The summed E-state index contributed by atoms with van der Waals surface area (Å²) < 4.78 is 4.85. The molecule has 0 radical (unpaired) electrons. The first-order valence-corrected chi connectivity index (χ1v) is 5.47. The molecule has 0 fully saturated rings. The fraction of sp³-hybridized carbons (Fsp3) is 0.111. The first kappa shape index (κ1) is 14.7. The number of rotatable bonds is 5. The molecule has 13 nitrogen and oxygen atoms in total. The zero-order valence-electron chi connectivity index (χ0n) is 10.5. The van der Waals surface area contributed by atoms with Crippen LogP contribution < -0.4 is 5.43 Å². The van der Waals surface area contributed by atoms with Crippen LogP contribution in [0.5, 0.6) is 0 Å². The Hall–Kier alpha value is -3.73. The smallest absolute Gasteiger partial charge is 0.317 e. The van der Waals surface area contributed by atoms with Crippen molar-refractivity contribution in [1.29, 1.82) is 5.53 Å². The number of hydrogen-bond acceptors (Lipinski definition) is 9. The largest absolute Gasteiger partial charge is 0.335 e. The van der Waals surface area contributed by atoms with E-state index in [1.165, 1.54) is 0 Å². The molecule has 13 heteroatoms. The molecule has 0 bridgehead atoms. The summed E-state index contributed by atoms with van der Waals surface area (Å²) in [7, 11) is 0. The van der Waals surface area contributed by atoms with Crippen LogP contribution in [0.1, 0.15) is 26.5 Å². The highest BCUT2D eigenvalue weighted by atomic mass is 16.5. The number of fused-ring (bicyclic) bond motifs is 1. The molecule has 2 rings (SSSR count). The third kappa shape index (κ3) is 2.59. The molecule has 2 amide bonds. The molecule has 2 aromatic heterocycles. The summed E-state index contributed by atoms with van der Waals surface area (Å²) in [6.07, 6.45) is 0. The van der Waals surface area contributed by atoms with Crippen molar-refractivity contribution in [3.63, 3.8) is 0 Å². The monoisotopic (exact) mass is 303 g/mol. The van der Waals surface area contributed by atoms with Crippen molar-refractivity contribution >= 4 is 22.9 Å². The van der Waals surface area contributed by atoms with E-state index in [4.69, 9.17) is 15.6 Å². The molecule has 2 heterocycles. The Bertz CT molecular complexity index is 835. The highest BCUT2D eigenvalue weighted by Gasteiger charge is 2.22. The van der Waals surface area contributed by atoms with E-state index in [1.54, 1.807) is 5.43 Å². The number of carbonyl (C=O) groups is 2. The van der Waals surface area contributed by atoms with Crippen LogP contribution in [0.2, 0.25) is 0 Å². The molecule has 0 spiro atoms. The normalized spacial score (nSPS) is 9.82. The Labute approximate surface area is 119 Å². The van der Waals surface area contributed by atoms with Crippen LogP contribution >= 0.6 is 0 Å². The van der Waals surface area contributed by atoms with Crippen molar-refractivity contribution in [2.75, 3.05) is 0 Å².